The van der Waals surface area contributed by atoms with Gasteiger partial charge in [0.05, 0.1) is 19.3 Å². The number of morpholine rings is 1. The molecule has 2 heterocycles. The lowest BCUT2D eigenvalue weighted by molar-refractivity contribution is -0.180. The number of ether oxygens (including phenoxy) is 2. The van der Waals surface area contributed by atoms with Crippen LogP contribution in [0.1, 0.15) is 40.0 Å². The number of carbonyl (C=O) groups is 1. The number of nitrogens with zero attached hydrogens (tertiary/aromatic N) is 2. The van der Waals surface area contributed by atoms with E-state index in [9.17, 15) is 4.79 Å². The van der Waals surface area contributed by atoms with Gasteiger partial charge in [-0.15, -0.1) is 0 Å². The molecule has 2 N–H and O–H groups in total. The van der Waals surface area contributed by atoms with Gasteiger partial charge in [-0.1, -0.05) is 13.8 Å². The summed E-state index contributed by atoms with van der Waals surface area (Å²) in [6.45, 7) is 13.2. The van der Waals surface area contributed by atoms with Crippen LogP contribution in [0.15, 0.2) is 0 Å². The number of hydrogen-bond donors (Lipinski definition) is 1. The first kappa shape index (κ1) is 19.1. The zero-order chi connectivity index (χ0) is 18.1. The van der Waals surface area contributed by atoms with Crippen molar-refractivity contribution in [1.82, 2.24) is 9.80 Å². The molecule has 0 spiro atoms. The van der Waals surface area contributed by atoms with Gasteiger partial charge in [-0.05, 0) is 25.7 Å². The van der Waals surface area contributed by atoms with Gasteiger partial charge in [0.15, 0.2) is 0 Å². The lowest BCUT2D eigenvalue weighted by Crippen LogP contribution is -2.76. The third kappa shape index (κ3) is 3.59. The van der Waals surface area contributed by atoms with Crippen LogP contribution in [0.2, 0.25) is 0 Å². The molecule has 0 radical (unpaired) electrons. The van der Waals surface area contributed by atoms with E-state index in [2.05, 4.69) is 18.7 Å². The van der Waals surface area contributed by atoms with Gasteiger partial charge in [0, 0.05) is 51.2 Å². The third-order valence-corrected chi connectivity index (χ3v) is 6.64. The molecule has 0 aromatic rings. The molecule has 25 heavy (non-hydrogen) atoms. The maximum atomic E-state index is 13.2. The Bertz CT molecular complexity index is 479. The second-order valence-corrected chi connectivity index (χ2v) is 8.51. The molecule has 3 rings (SSSR count). The highest BCUT2D eigenvalue weighted by molar-refractivity contribution is 5.89. The minimum absolute atomic E-state index is 0.0837. The number of carbonyl (C=O) groups excluding carboxylic acids is 1. The minimum Gasteiger partial charge on any atom is -0.379 e. The topological polar surface area (TPSA) is 68.0 Å². The van der Waals surface area contributed by atoms with Crippen molar-refractivity contribution in [3.05, 3.63) is 0 Å². The summed E-state index contributed by atoms with van der Waals surface area (Å²) >= 11 is 0. The Balaban J connectivity index is 1.58. The monoisotopic (exact) mass is 353 g/mol. The fourth-order valence-corrected chi connectivity index (χ4v) is 4.63. The molecule has 0 aromatic heterocycles. The lowest BCUT2D eigenvalue weighted by atomic mass is 9.54. The Morgan fingerprint density at radius 1 is 1.28 bits per heavy atom. The fraction of sp³-hybridized carbons (Fsp3) is 0.947. The van der Waals surface area contributed by atoms with E-state index in [-0.39, 0.29) is 17.4 Å². The molecule has 0 aromatic carbocycles. The summed E-state index contributed by atoms with van der Waals surface area (Å²) in [5, 5.41) is 0. The van der Waals surface area contributed by atoms with Crippen LogP contribution in [0.4, 0.5) is 0 Å². The summed E-state index contributed by atoms with van der Waals surface area (Å²) in [4.78, 5) is 17.7. The molecule has 6 heteroatoms. The van der Waals surface area contributed by atoms with E-state index in [1.165, 1.54) is 6.42 Å². The predicted octanol–water partition coefficient (Wildman–Crippen LogP) is 1.09. The number of rotatable bonds is 5. The Labute approximate surface area is 152 Å². The van der Waals surface area contributed by atoms with Gasteiger partial charge < -0.3 is 20.1 Å². The van der Waals surface area contributed by atoms with Crippen LogP contribution < -0.4 is 5.73 Å². The van der Waals surface area contributed by atoms with Crippen LogP contribution in [0.5, 0.6) is 0 Å². The van der Waals surface area contributed by atoms with E-state index >= 15 is 0 Å². The Hall–Kier alpha value is -0.690. The van der Waals surface area contributed by atoms with Gasteiger partial charge in [-0.2, -0.15) is 0 Å². The molecule has 2 saturated heterocycles. The second kappa shape index (κ2) is 7.51. The first-order chi connectivity index (χ1) is 11.9. The van der Waals surface area contributed by atoms with Crippen molar-refractivity contribution in [2.45, 2.75) is 51.7 Å². The summed E-state index contributed by atoms with van der Waals surface area (Å²) in [6, 6.07) is 0. The first-order valence-corrected chi connectivity index (χ1v) is 9.88. The van der Waals surface area contributed by atoms with E-state index in [4.69, 9.17) is 15.2 Å². The van der Waals surface area contributed by atoms with E-state index < -0.39 is 5.54 Å². The van der Waals surface area contributed by atoms with Crippen molar-refractivity contribution < 1.29 is 14.3 Å². The average Bonchev–Trinajstić information content (AvgIpc) is 2.62. The van der Waals surface area contributed by atoms with Crippen LogP contribution in [-0.4, -0.2) is 79.9 Å². The van der Waals surface area contributed by atoms with E-state index in [1.54, 1.807) is 0 Å². The van der Waals surface area contributed by atoms with E-state index in [0.29, 0.717) is 18.9 Å². The highest BCUT2D eigenvalue weighted by Crippen LogP contribution is 2.50. The predicted molar refractivity (Wildman–Crippen MR) is 97.3 cm³/mol. The molecule has 1 amide bonds. The largest absolute Gasteiger partial charge is 0.379 e. The first-order valence-electron chi connectivity index (χ1n) is 9.88. The Kier molecular flexibility index (Phi) is 5.73. The van der Waals surface area contributed by atoms with Gasteiger partial charge in [-0.25, -0.2) is 0 Å². The average molecular weight is 354 g/mol. The number of hydrogen-bond acceptors (Lipinski definition) is 5. The maximum absolute atomic E-state index is 13.2. The second-order valence-electron chi connectivity index (χ2n) is 8.51. The normalized spacial score (nSPS) is 36.1. The summed E-state index contributed by atoms with van der Waals surface area (Å²) < 4.78 is 11.2. The van der Waals surface area contributed by atoms with Gasteiger partial charge in [0.1, 0.15) is 5.54 Å². The van der Waals surface area contributed by atoms with Gasteiger partial charge >= 0.3 is 0 Å². The van der Waals surface area contributed by atoms with E-state index in [1.807, 2.05) is 11.8 Å². The van der Waals surface area contributed by atoms with Crippen LogP contribution in [0.3, 0.4) is 0 Å². The Morgan fingerprint density at radius 3 is 2.64 bits per heavy atom. The molecule has 1 aliphatic carbocycles. The Morgan fingerprint density at radius 2 is 2.00 bits per heavy atom. The smallest absolute Gasteiger partial charge is 0.243 e. The molecular weight excluding hydrogens is 318 g/mol. The molecule has 3 atom stereocenters. The van der Waals surface area contributed by atoms with Crippen LogP contribution in [0, 0.1) is 11.3 Å². The molecular formula is C19H35N3O3. The maximum Gasteiger partial charge on any atom is 0.243 e. The molecule has 3 fully saturated rings. The molecule has 1 saturated carbocycles. The zero-order valence-corrected chi connectivity index (χ0v) is 16.1. The third-order valence-electron chi connectivity index (χ3n) is 6.64. The van der Waals surface area contributed by atoms with Crippen LogP contribution in [0.25, 0.3) is 0 Å². The summed E-state index contributed by atoms with van der Waals surface area (Å²) in [5.41, 5.74) is 5.51. The number of amides is 1. The molecule has 3 aliphatic rings. The van der Waals surface area contributed by atoms with Gasteiger partial charge in [0.2, 0.25) is 5.91 Å². The summed E-state index contributed by atoms with van der Waals surface area (Å²) in [7, 11) is 0. The van der Waals surface area contributed by atoms with Crippen molar-refractivity contribution in [1.29, 1.82) is 0 Å². The standard InChI is InChI=1S/C19H35N3O3/c1-4-25-16-12-19(20,18(16,2)3)17(23)22-7-5-6-15(14-22)13-21-8-10-24-11-9-21/h15-16H,4-14,20H2,1-3H3. The summed E-state index contributed by atoms with van der Waals surface area (Å²) in [5.74, 6) is 0.672. The van der Waals surface area contributed by atoms with Crippen molar-refractivity contribution in [2.24, 2.45) is 17.1 Å². The van der Waals surface area contributed by atoms with Crippen molar-refractivity contribution >= 4 is 5.91 Å². The highest BCUT2D eigenvalue weighted by Gasteiger charge is 2.63. The lowest BCUT2D eigenvalue weighted by Gasteiger charge is -2.59. The molecule has 6 nitrogen and oxygen atoms in total. The zero-order valence-electron chi connectivity index (χ0n) is 16.1. The van der Waals surface area contributed by atoms with Gasteiger partial charge in [-0.3, -0.25) is 9.69 Å². The minimum atomic E-state index is -0.784. The molecule has 0 bridgehead atoms. The SMILES string of the molecule is CCOC1CC(N)(C(=O)N2CCCC(CN3CCOCC3)C2)C1(C)C. The van der Waals surface area contributed by atoms with E-state index in [0.717, 1.165) is 52.4 Å². The highest BCUT2D eigenvalue weighted by atomic mass is 16.5. The van der Waals surface area contributed by atoms with Gasteiger partial charge in [0.25, 0.3) is 0 Å². The summed E-state index contributed by atoms with van der Waals surface area (Å²) in [6.07, 6.45) is 2.99. The number of nitrogens with two attached hydrogens (primary N) is 1. The van der Waals surface area contributed by atoms with Crippen molar-refractivity contribution in [3.8, 4) is 0 Å². The molecule has 3 unspecified atom stereocenters. The fourth-order valence-electron chi connectivity index (χ4n) is 4.63. The van der Waals surface area contributed by atoms with Crippen LogP contribution in [-0.2, 0) is 14.3 Å². The van der Waals surface area contributed by atoms with Crippen molar-refractivity contribution in [2.75, 3.05) is 52.5 Å². The number of piperidine rings is 1. The molecule has 144 valence electrons. The quantitative estimate of drug-likeness (QED) is 0.801. The van der Waals surface area contributed by atoms with Crippen molar-refractivity contribution in [3.63, 3.8) is 0 Å². The number of likely N-dealkylation sites (tertiary alicyclic amines) is 1. The van der Waals surface area contributed by atoms with Crippen LogP contribution >= 0.6 is 0 Å². The molecule has 2 aliphatic heterocycles.